The molecule has 62 heavy (non-hydrogen) atoms. The van der Waals surface area contributed by atoms with Crippen molar-refractivity contribution < 1.29 is 0 Å². The van der Waals surface area contributed by atoms with Gasteiger partial charge in [0.05, 0.1) is 28.7 Å². The third-order valence-corrected chi connectivity index (χ3v) is 12.4. The minimum Gasteiger partial charge on any atom is -0.308 e. The molecule has 0 radical (unpaired) electrons. The second kappa shape index (κ2) is 14.8. The number of nitrogens with zero attached hydrogens (tertiary/aromatic N) is 4. The number of rotatable bonds is 6. The van der Waals surface area contributed by atoms with E-state index in [0.29, 0.717) is 27.9 Å². The number of para-hydroxylation sites is 2. The molecular weight excluding hydrogens is 753 g/mol. The van der Waals surface area contributed by atoms with E-state index in [1.807, 2.05) is 91.0 Å². The first-order chi connectivity index (χ1) is 30.7. The lowest BCUT2D eigenvalue weighted by Crippen LogP contribution is -1.99. The zero-order valence-electron chi connectivity index (χ0n) is 33.4. The number of benzene rings is 9. The predicted octanol–water partition coefficient (Wildman–Crippen LogP) is 14.9. The van der Waals surface area contributed by atoms with E-state index in [4.69, 9.17) is 6.57 Å². The van der Waals surface area contributed by atoms with E-state index in [-0.39, 0.29) is 5.92 Å². The van der Waals surface area contributed by atoms with Gasteiger partial charge in [-0.3, -0.25) is 0 Å². The van der Waals surface area contributed by atoms with Crippen molar-refractivity contribution in [2.24, 2.45) is 0 Å². The molecule has 0 spiro atoms. The summed E-state index contributed by atoms with van der Waals surface area (Å²) in [6, 6.07) is 73.3. The summed E-state index contributed by atoms with van der Waals surface area (Å²) in [7, 11) is 0. The highest BCUT2D eigenvalue weighted by molar-refractivity contribution is 6.19. The molecule has 0 N–H and O–H groups in total. The molecule has 0 fully saturated rings. The molecule has 0 saturated heterocycles. The Kier molecular flexibility index (Phi) is 8.68. The van der Waals surface area contributed by atoms with Gasteiger partial charge in [-0.2, -0.15) is 10.5 Å². The third kappa shape index (κ3) is 5.58. The summed E-state index contributed by atoms with van der Waals surface area (Å²) in [6.07, 6.45) is 0. The molecule has 1 unspecified atom stereocenters. The second-order valence-electron chi connectivity index (χ2n) is 15.6. The van der Waals surface area contributed by atoms with Gasteiger partial charge in [0.1, 0.15) is 12.1 Å². The highest BCUT2D eigenvalue weighted by Gasteiger charge is 2.33. The standard InChI is InChI=1S/C58H34N4/c1-61-53-33-40(50-34-49(37-17-6-2-7-18-37)51(35-59)55(52(50)36-60)39-21-10-4-11-22-39)29-30-42(53)45-27-16-28-46-47-31-32-48-54(38-19-8-3-9-20-38)43-25-14-15-26-44(43)56(48)58(47)62(57(45)46)41-23-12-5-13-24-41/h2-34,54H. The van der Waals surface area contributed by atoms with Crippen LogP contribution in [-0.4, -0.2) is 4.57 Å². The summed E-state index contributed by atoms with van der Waals surface area (Å²) < 4.78 is 2.40. The molecule has 1 atom stereocenters. The Bertz CT molecular complexity index is 3530. The Labute approximate surface area is 359 Å². The molecule has 9 aromatic carbocycles. The van der Waals surface area contributed by atoms with Crippen LogP contribution in [0.15, 0.2) is 200 Å². The van der Waals surface area contributed by atoms with E-state index in [9.17, 15) is 10.5 Å². The zero-order valence-corrected chi connectivity index (χ0v) is 33.4. The van der Waals surface area contributed by atoms with Gasteiger partial charge in [0.25, 0.3) is 0 Å². The van der Waals surface area contributed by atoms with Crippen molar-refractivity contribution >= 4 is 27.5 Å². The van der Waals surface area contributed by atoms with Crippen molar-refractivity contribution in [1.82, 2.24) is 4.57 Å². The molecule has 0 bridgehead atoms. The predicted molar refractivity (Wildman–Crippen MR) is 251 cm³/mol. The van der Waals surface area contributed by atoms with Crippen molar-refractivity contribution in [2.75, 3.05) is 0 Å². The van der Waals surface area contributed by atoms with Crippen LogP contribution >= 0.6 is 0 Å². The third-order valence-electron chi connectivity index (χ3n) is 12.4. The molecular formula is C58H34N4. The number of nitriles is 2. The quantitative estimate of drug-likeness (QED) is 0.158. The Morgan fingerprint density at radius 1 is 0.435 bits per heavy atom. The van der Waals surface area contributed by atoms with Gasteiger partial charge in [-0.1, -0.05) is 176 Å². The summed E-state index contributed by atoms with van der Waals surface area (Å²) in [6.45, 7) is 8.64. The molecule has 1 aliphatic rings. The normalized spacial score (nSPS) is 12.6. The van der Waals surface area contributed by atoms with E-state index in [1.54, 1.807) is 0 Å². The van der Waals surface area contributed by atoms with Crippen molar-refractivity contribution in [3.05, 3.63) is 239 Å². The molecule has 0 aliphatic heterocycles. The lowest BCUT2D eigenvalue weighted by atomic mass is 9.83. The topological polar surface area (TPSA) is 56.9 Å². The van der Waals surface area contributed by atoms with Crippen LogP contribution in [0.2, 0.25) is 0 Å². The molecule has 1 aromatic heterocycles. The van der Waals surface area contributed by atoms with Crippen molar-refractivity contribution in [3.8, 4) is 73.5 Å². The van der Waals surface area contributed by atoms with E-state index < -0.39 is 0 Å². The van der Waals surface area contributed by atoms with Gasteiger partial charge < -0.3 is 4.57 Å². The Morgan fingerprint density at radius 2 is 1.03 bits per heavy atom. The highest BCUT2D eigenvalue weighted by Crippen LogP contribution is 2.53. The van der Waals surface area contributed by atoms with Gasteiger partial charge in [0, 0.05) is 39.1 Å². The van der Waals surface area contributed by atoms with Crippen LogP contribution < -0.4 is 0 Å². The van der Waals surface area contributed by atoms with Crippen molar-refractivity contribution in [1.29, 1.82) is 10.5 Å². The van der Waals surface area contributed by atoms with Crippen molar-refractivity contribution in [2.45, 2.75) is 5.92 Å². The van der Waals surface area contributed by atoms with Crippen LogP contribution in [0, 0.1) is 29.2 Å². The van der Waals surface area contributed by atoms with Crippen LogP contribution in [0.1, 0.15) is 33.7 Å². The number of aromatic nitrogens is 1. The smallest absolute Gasteiger partial charge is 0.195 e. The molecule has 1 aliphatic carbocycles. The Hall–Kier alpha value is -8.75. The molecule has 4 nitrogen and oxygen atoms in total. The number of hydrogen-bond acceptors (Lipinski definition) is 2. The molecule has 4 heteroatoms. The van der Waals surface area contributed by atoms with E-state index in [0.717, 1.165) is 60.9 Å². The maximum absolute atomic E-state index is 10.9. The largest absolute Gasteiger partial charge is 0.308 e. The lowest BCUT2D eigenvalue weighted by Gasteiger charge is -2.18. The maximum atomic E-state index is 10.9. The second-order valence-corrected chi connectivity index (χ2v) is 15.6. The fourth-order valence-corrected chi connectivity index (χ4v) is 9.80. The number of fused-ring (bicyclic) bond motifs is 7. The van der Waals surface area contributed by atoms with Gasteiger partial charge in [-0.05, 0) is 79.9 Å². The Balaban J connectivity index is 1.18. The van der Waals surface area contributed by atoms with Crippen LogP contribution in [0.5, 0.6) is 0 Å². The van der Waals surface area contributed by atoms with Gasteiger partial charge in [0.15, 0.2) is 5.69 Å². The monoisotopic (exact) mass is 786 g/mol. The van der Waals surface area contributed by atoms with E-state index >= 15 is 0 Å². The van der Waals surface area contributed by atoms with E-state index in [2.05, 4.69) is 131 Å². The molecule has 286 valence electrons. The molecule has 0 amide bonds. The molecule has 1 heterocycles. The van der Waals surface area contributed by atoms with Crippen LogP contribution in [0.4, 0.5) is 5.69 Å². The van der Waals surface area contributed by atoms with Crippen LogP contribution in [0.25, 0.3) is 88.0 Å². The van der Waals surface area contributed by atoms with Gasteiger partial charge in [-0.25, -0.2) is 4.85 Å². The summed E-state index contributed by atoms with van der Waals surface area (Å²) >= 11 is 0. The summed E-state index contributed by atoms with van der Waals surface area (Å²) in [5, 5.41) is 23.8. The zero-order chi connectivity index (χ0) is 41.7. The van der Waals surface area contributed by atoms with Gasteiger partial charge in [-0.15, -0.1) is 0 Å². The van der Waals surface area contributed by atoms with Gasteiger partial charge in [0.2, 0.25) is 0 Å². The first-order valence-electron chi connectivity index (χ1n) is 20.6. The average molecular weight is 787 g/mol. The molecule has 11 rings (SSSR count). The highest BCUT2D eigenvalue weighted by atomic mass is 15.0. The summed E-state index contributed by atoms with van der Waals surface area (Å²) in [5.74, 6) is 0.0973. The minimum atomic E-state index is 0.0973. The number of hydrogen-bond donors (Lipinski definition) is 0. The minimum absolute atomic E-state index is 0.0973. The molecule has 10 aromatic rings. The van der Waals surface area contributed by atoms with Crippen LogP contribution in [0.3, 0.4) is 0 Å². The summed E-state index contributed by atoms with van der Waals surface area (Å²) in [5.41, 5.74) is 16.9. The lowest BCUT2D eigenvalue weighted by molar-refractivity contribution is 1.02. The van der Waals surface area contributed by atoms with Crippen molar-refractivity contribution in [3.63, 3.8) is 0 Å². The fraction of sp³-hybridized carbons (Fsp3) is 0.0172. The van der Waals surface area contributed by atoms with Crippen LogP contribution in [-0.2, 0) is 0 Å². The first kappa shape index (κ1) is 36.3. The average Bonchev–Trinajstić information content (AvgIpc) is 3.87. The summed E-state index contributed by atoms with van der Waals surface area (Å²) in [4.78, 5) is 4.18. The van der Waals surface area contributed by atoms with Gasteiger partial charge >= 0.3 is 0 Å². The maximum Gasteiger partial charge on any atom is 0.195 e. The van der Waals surface area contributed by atoms with E-state index in [1.165, 1.54) is 27.8 Å². The fourth-order valence-electron chi connectivity index (χ4n) is 9.80. The molecule has 0 saturated carbocycles. The Morgan fingerprint density at radius 3 is 1.73 bits per heavy atom. The SMILES string of the molecule is [C-]#[N+]c1cc(-c2cc(-c3ccccc3)c(C#N)c(-c3ccccc3)c2C#N)ccc1-c1cccc2c3ccc4c(c3n(-c3ccccc3)c12)-c1ccccc1C4c1ccccc1. The first-order valence-corrected chi connectivity index (χ1v) is 20.6.